The summed E-state index contributed by atoms with van der Waals surface area (Å²) in [6.45, 7) is 0. The van der Waals surface area contributed by atoms with Gasteiger partial charge < -0.3 is 25.6 Å². The van der Waals surface area contributed by atoms with Crippen LogP contribution in [0.1, 0.15) is 36.4 Å². The highest BCUT2D eigenvalue weighted by Crippen LogP contribution is 2.42. The van der Waals surface area contributed by atoms with Crippen molar-refractivity contribution in [1.82, 2.24) is 40.4 Å². The van der Waals surface area contributed by atoms with Gasteiger partial charge in [-0.2, -0.15) is 0 Å². The normalized spacial score (nSPS) is 20.3. The van der Waals surface area contributed by atoms with Crippen molar-refractivity contribution in [1.29, 1.82) is 0 Å². The number of carbonyl (C=O) groups is 4. The van der Waals surface area contributed by atoms with E-state index in [-0.39, 0.29) is 34.6 Å². The number of aromatic nitrogens is 6. The number of aliphatic carboxylic acids is 1. The summed E-state index contributed by atoms with van der Waals surface area (Å²) in [6, 6.07) is -0.912. The quantitative estimate of drug-likeness (QED) is 0.170. The molecule has 17 nitrogen and oxygen atoms in total. The number of nitrogens with two attached hydrogens (primary N) is 1. The van der Waals surface area contributed by atoms with Crippen LogP contribution in [0.2, 0.25) is 0 Å². The lowest BCUT2D eigenvalue weighted by Crippen LogP contribution is -2.71. The third-order valence-corrected chi connectivity index (χ3v) is 9.52. The van der Waals surface area contributed by atoms with Gasteiger partial charge in [0.05, 0.1) is 12.5 Å². The molecule has 1 saturated heterocycles. The van der Waals surface area contributed by atoms with E-state index >= 15 is 0 Å². The lowest BCUT2D eigenvalue weighted by atomic mass is 10.0. The number of primary amides is 1. The number of fused-ring (bicyclic) bond motifs is 1. The zero-order valence-electron chi connectivity index (χ0n) is 22.4. The number of β-lactam (4-membered cyclic amide) rings is 1. The first-order valence-corrected chi connectivity index (χ1v) is 15.0. The van der Waals surface area contributed by atoms with E-state index in [1.807, 2.05) is 0 Å². The highest BCUT2D eigenvalue weighted by Gasteiger charge is 2.55. The van der Waals surface area contributed by atoms with Gasteiger partial charge in [0.15, 0.2) is 6.04 Å². The van der Waals surface area contributed by atoms with Crippen molar-refractivity contribution in [2.45, 2.75) is 41.4 Å². The fraction of sp³-hybridized carbons (Fsp3) is 0.375. The van der Waals surface area contributed by atoms with Gasteiger partial charge >= 0.3 is 12.0 Å². The Morgan fingerprint density at radius 2 is 2.14 bits per heavy atom. The van der Waals surface area contributed by atoms with Gasteiger partial charge in [-0.15, -0.1) is 16.9 Å². The molecular weight excluding hydrogens is 604 g/mol. The van der Waals surface area contributed by atoms with Gasteiger partial charge in [-0.05, 0) is 41.0 Å². The Morgan fingerprint density at radius 1 is 1.35 bits per heavy atom. The number of anilines is 1. The second-order valence-electron chi connectivity index (χ2n) is 9.91. The topological polar surface area (TPSA) is 236 Å². The van der Waals surface area contributed by atoms with E-state index in [9.17, 15) is 29.1 Å². The number of urea groups is 1. The maximum Gasteiger partial charge on any atom is 0.352 e. The number of hydrogen-bond donors (Lipinski definition) is 4. The van der Waals surface area contributed by atoms with Crippen molar-refractivity contribution in [2.75, 3.05) is 16.4 Å². The molecule has 1 aliphatic carbocycles. The number of H-pyrrole nitrogens is 1. The average molecular weight is 629 g/mol. The van der Waals surface area contributed by atoms with Crippen molar-refractivity contribution < 1.29 is 28.7 Å². The van der Waals surface area contributed by atoms with Crippen LogP contribution in [0.15, 0.2) is 50.2 Å². The summed E-state index contributed by atoms with van der Waals surface area (Å²) in [7, 11) is 1.65. The Hall–Kier alpha value is -4.65. The van der Waals surface area contributed by atoms with Crippen LogP contribution >= 0.6 is 23.5 Å². The molecule has 5 heterocycles. The van der Waals surface area contributed by atoms with Crippen LogP contribution in [0.5, 0.6) is 0 Å². The van der Waals surface area contributed by atoms with Gasteiger partial charge in [0, 0.05) is 24.5 Å². The van der Waals surface area contributed by atoms with Gasteiger partial charge in [-0.3, -0.25) is 24.2 Å². The van der Waals surface area contributed by atoms with E-state index in [2.05, 4.69) is 30.8 Å². The van der Waals surface area contributed by atoms with E-state index in [1.165, 1.54) is 52.8 Å². The third-order valence-electron chi connectivity index (χ3n) is 7.08. The Labute approximate surface area is 250 Å². The molecule has 4 amide bonds. The summed E-state index contributed by atoms with van der Waals surface area (Å²) in [5.41, 5.74) is 5.03. The number of nitrogens with one attached hydrogen (secondary N) is 2. The molecule has 43 heavy (non-hydrogen) atoms. The zero-order chi connectivity index (χ0) is 30.4. The molecular formula is C24H24N10O7S2. The highest BCUT2D eigenvalue weighted by atomic mass is 32.2. The van der Waals surface area contributed by atoms with Crippen molar-refractivity contribution >= 4 is 53.0 Å². The lowest BCUT2D eigenvalue weighted by Gasteiger charge is -2.49. The fourth-order valence-electron chi connectivity index (χ4n) is 4.87. The minimum Gasteiger partial charge on any atom is -0.477 e. The van der Waals surface area contributed by atoms with Gasteiger partial charge in [0.1, 0.15) is 34.4 Å². The van der Waals surface area contributed by atoms with Gasteiger partial charge in [-0.25, -0.2) is 19.3 Å². The van der Waals surface area contributed by atoms with Crippen LogP contribution in [-0.2, 0) is 21.4 Å². The predicted octanol–water partition coefficient (Wildman–Crippen LogP) is -0.0789. The third kappa shape index (κ3) is 5.24. The molecule has 6 rings (SSSR count). The molecule has 3 aromatic rings. The van der Waals surface area contributed by atoms with Crippen LogP contribution in [0, 0.1) is 0 Å². The highest BCUT2D eigenvalue weighted by molar-refractivity contribution is 8.01. The number of nitrogens with zero attached hydrogens (tertiary/aromatic N) is 7. The number of carboxylic acid groups (broad SMARTS) is 1. The van der Waals surface area contributed by atoms with E-state index in [4.69, 9.17) is 10.2 Å². The van der Waals surface area contributed by atoms with Crippen LogP contribution in [-0.4, -0.2) is 86.9 Å². The van der Waals surface area contributed by atoms with Gasteiger partial charge in [-0.1, -0.05) is 11.8 Å². The SMILES string of the molecule is Cn1nnnc1SCC1=C(C(=O)O)N2C(=O)C(NC(=O)C(c3ccco3)N(C(N)=O)c3cnc(C4CC4)[nH]c3=O)[C@@H]2SC1. The summed E-state index contributed by atoms with van der Waals surface area (Å²) in [6.07, 6.45) is 4.21. The molecule has 0 spiro atoms. The molecule has 2 aliphatic heterocycles. The minimum absolute atomic E-state index is 0.0226. The molecule has 19 heteroatoms. The van der Waals surface area contributed by atoms with Crippen molar-refractivity contribution in [3.05, 3.63) is 57.8 Å². The number of aromatic amines is 1. The number of rotatable bonds is 10. The predicted molar refractivity (Wildman–Crippen MR) is 150 cm³/mol. The maximum atomic E-state index is 13.7. The van der Waals surface area contributed by atoms with E-state index in [0.717, 1.165) is 22.6 Å². The number of hydrogen-bond acceptors (Lipinski definition) is 12. The first kappa shape index (κ1) is 28.5. The smallest absolute Gasteiger partial charge is 0.352 e. The molecule has 0 radical (unpaired) electrons. The maximum absolute atomic E-state index is 13.7. The van der Waals surface area contributed by atoms with Gasteiger partial charge in [0.25, 0.3) is 17.4 Å². The summed E-state index contributed by atoms with van der Waals surface area (Å²) < 4.78 is 6.88. The minimum atomic E-state index is -1.57. The number of furan rings is 1. The van der Waals surface area contributed by atoms with Crippen LogP contribution in [0.25, 0.3) is 0 Å². The van der Waals surface area contributed by atoms with Crippen molar-refractivity contribution in [2.24, 2.45) is 12.8 Å². The summed E-state index contributed by atoms with van der Waals surface area (Å²) in [5.74, 6) is -1.73. The Morgan fingerprint density at radius 3 is 2.74 bits per heavy atom. The van der Waals surface area contributed by atoms with Crippen LogP contribution < -0.4 is 21.5 Å². The second kappa shape index (κ2) is 11.2. The molecule has 2 fully saturated rings. The first-order valence-electron chi connectivity index (χ1n) is 12.9. The first-order chi connectivity index (χ1) is 20.7. The summed E-state index contributed by atoms with van der Waals surface area (Å²) in [5, 5.41) is 23.5. The second-order valence-corrected chi connectivity index (χ2v) is 12.0. The summed E-state index contributed by atoms with van der Waals surface area (Å²) >= 11 is 2.50. The molecule has 0 aromatic carbocycles. The number of carboxylic acids is 1. The Bertz CT molecular complexity index is 1700. The fourth-order valence-corrected chi connectivity index (χ4v) is 7.20. The van der Waals surface area contributed by atoms with Crippen molar-refractivity contribution in [3.63, 3.8) is 0 Å². The Balaban J connectivity index is 1.24. The molecule has 0 bridgehead atoms. The molecule has 3 aliphatic rings. The Kier molecular flexibility index (Phi) is 7.42. The van der Waals surface area contributed by atoms with Gasteiger partial charge in [0.2, 0.25) is 5.16 Å². The van der Waals surface area contributed by atoms with E-state index in [0.29, 0.717) is 16.6 Å². The number of aryl methyl sites for hydroxylation is 1. The summed E-state index contributed by atoms with van der Waals surface area (Å²) in [4.78, 5) is 73.7. The number of thioether (sulfide) groups is 2. The van der Waals surface area contributed by atoms with E-state index < -0.39 is 46.8 Å². The van der Waals surface area contributed by atoms with Crippen LogP contribution in [0.3, 0.4) is 0 Å². The zero-order valence-corrected chi connectivity index (χ0v) is 24.0. The molecule has 1 saturated carbocycles. The van der Waals surface area contributed by atoms with E-state index in [1.54, 1.807) is 7.05 Å². The number of carbonyl (C=O) groups excluding carboxylic acids is 3. The molecule has 3 aromatic heterocycles. The molecule has 3 atom stereocenters. The molecule has 224 valence electrons. The number of amides is 4. The molecule has 5 N–H and O–H groups in total. The largest absolute Gasteiger partial charge is 0.477 e. The van der Waals surface area contributed by atoms with Crippen molar-refractivity contribution in [3.8, 4) is 0 Å². The molecule has 2 unspecified atom stereocenters. The number of tetrazole rings is 1. The van der Waals surface area contributed by atoms with Crippen LogP contribution in [0.4, 0.5) is 10.5 Å². The average Bonchev–Trinajstić information content (AvgIpc) is 3.53. The monoisotopic (exact) mass is 628 g/mol. The lowest BCUT2D eigenvalue weighted by molar-refractivity contribution is -0.150. The standard InChI is InChI=1S/C24H24N10O7S2/c1-32-24(29-30-31-32)43-9-11-8-42-21-14(20(37)34(21)15(11)22(38)39)27-19(36)16(13-3-2-6-41-13)33(23(25)40)12-7-26-17(10-4-5-10)28-18(12)35/h2-3,6-7,10,14,16,21H,4-5,8-9H2,1H3,(H2,25,40)(H,27,36)(H,38,39)(H,26,28,35)/t14?,16?,21-/m0/s1.